The molecule has 21 heteroatoms. The summed E-state index contributed by atoms with van der Waals surface area (Å²) in [6, 6.07) is 6.88. The largest absolute Gasteiger partial charge is 0.460 e. The lowest BCUT2D eigenvalue weighted by molar-refractivity contribution is -0.173. The van der Waals surface area contributed by atoms with E-state index in [0.717, 1.165) is 31.2 Å². The van der Waals surface area contributed by atoms with Crippen molar-refractivity contribution in [3.05, 3.63) is 47.5 Å². The first-order valence-electron chi connectivity index (χ1n) is 31.9. The highest BCUT2D eigenvalue weighted by Crippen LogP contribution is 2.59. The second-order valence-corrected chi connectivity index (χ2v) is 27.3. The van der Waals surface area contributed by atoms with Gasteiger partial charge in [-0.15, -0.1) is 0 Å². The van der Waals surface area contributed by atoms with Crippen molar-refractivity contribution in [3.8, 4) is 0 Å². The van der Waals surface area contributed by atoms with Gasteiger partial charge in [0.2, 0.25) is 35.4 Å². The molecular weight excluding hydrogens is 1110 g/mol. The number of aliphatic hydroxyl groups excluding tert-OH is 1. The lowest BCUT2D eigenvalue weighted by Gasteiger charge is -2.42. The number of benzene rings is 1. The van der Waals surface area contributed by atoms with E-state index in [0.29, 0.717) is 45.4 Å². The summed E-state index contributed by atoms with van der Waals surface area (Å²) in [5.41, 5.74) is -0.856. The Kier molecular flexibility index (Phi) is 29.2. The first-order chi connectivity index (χ1) is 40.9. The molecule has 1 aromatic rings. The van der Waals surface area contributed by atoms with E-state index in [1.165, 1.54) is 5.57 Å². The third kappa shape index (κ3) is 23.4. The molecule has 12 atom stereocenters. The van der Waals surface area contributed by atoms with Crippen LogP contribution in [-0.4, -0.2) is 153 Å². The third-order valence-corrected chi connectivity index (χ3v) is 17.6. The highest BCUT2D eigenvalue weighted by atomic mass is 16.6. The van der Waals surface area contributed by atoms with Crippen molar-refractivity contribution in [2.24, 2.45) is 46.3 Å². The first kappa shape index (κ1) is 73.8. The predicted octanol–water partition coefficient (Wildman–Crippen LogP) is 6.76. The van der Waals surface area contributed by atoms with Crippen LogP contribution in [0.25, 0.3) is 0 Å². The molecule has 0 radical (unpaired) electrons. The van der Waals surface area contributed by atoms with E-state index in [2.05, 4.69) is 64.1 Å². The highest BCUT2D eigenvalue weighted by molar-refractivity contribution is 5.95. The minimum absolute atomic E-state index is 0.0362. The van der Waals surface area contributed by atoms with Crippen molar-refractivity contribution in [2.45, 2.75) is 222 Å². The number of aliphatic hydroxyl groups is 1. The average molecular weight is 1220 g/mol. The molecule has 492 valence electrons. The maximum absolute atomic E-state index is 14.1. The van der Waals surface area contributed by atoms with Crippen LogP contribution in [0.4, 0.5) is 4.79 Å². The van der Waals surface area contributed by atoms with Crippen LogP contribution < -0.4 is 37.2 Å². The van der Waals surface area contributed by atoms with Gasteiger partial charge in [-0.1, -0.05) is 124 Å². The molecule has 87 heavy (non-hydrogen) atoms. The number of carbonyl (C=O) groups excluding carboxylic acids is 8. The number of hydrogen-bond acceptors (Lipinski definition) is 14. The van der Waals surface area contributed by atoms with E-state index in [9.17, 15) is 43.5 Å². The zero-order valence-electron chi connectivity index (χ0n) is 55.1. The molecule has 4 rings (SSSR count). The molecule has 2 heterocycles. The number of methoxy groups -OCH3 is 1. The minimum Gasteiger partial charge on any atom is -0.460 e. The van der Waals surface area contributed by atoms with Gasteiger partial charge in [-0.25, -0.2) is 4.79 Å². The second kappa shape index (κ2) is 34.4. The predicted molar refractivity (Wildman–Crippen MR) is 332 cm³/mol. The summed E-state index contributed by atoms with van der Waals surface area (Å²) in [5.74, 6) is -3.75. The lowest BCUT2D eigenvalue weighted by atomic mass is 9.64. The molecule has 2 saturated heterocycles. The highest BCUT2D eigenvalue weighted by Gasteiger charge is 2.72. The maximum atomic E-state index is 14.1. The van der Waals surface area contributed by atoms with Crippen LogP contribution in [0, 0.1) is 46.3 Å². The Hall–Kier alpha value is -5.64. The number of rotatable bonds is 38. The van der Waals surface area contributed by atoms with Crippen LogP contribution in [0.15, 0.2) is 42.0 Å². The van der Waals surface area contributed by atoms with Gasteiger partial charge in [-0.2, -0.15) is 0 Å². The van der Waals surface area contributed by atoms with E-state index < -0.39 is 82.9 Å². The smallest absolute Gasteiger partial charge is 0.407 e. The normalized spacial score (nSPS) is 23.2. The van der Waals surface area contributed by atoms with Crippen LogP contribution in [0.3, 0.4) is 0 Å². The molecule has 3 aliphatic rings. The van der Waals surface area contributed by atoms with Crippen molar-refractivity contribution < 1.29 is 67.1 Å². The number of amides is 7. The first-order valence-corrected chi connectivity index (χ1v) is 31.9. The van der Waals surface area contributed by atoms with Gasteiger partial charge in [0.25, 0.3) is 0 Å². The summed E-state index contributed by atoms with van der Waals surface area (Å²) >= 11 is 0. The fraction of sp³-hybridized carbons (Fsp3) is 0.758. The molecule has 3 fully saturated rings. The van der Waals surface area contributed by atoms with Gasteiger partial charge in [0.15, 0.2) is 0 Å². The number of esters is 1. The molecule has 8 N–H and O–H groups in total. The van der Waals surface area contributed by atoms with Crippen LogP contribution >= 0.6 is 0 Å². The van der Waals surface area contributed by atoms with Crippen molar-refractivity contribution in [3.63, 3.8) is 0 Å². The number of hydrogen-bond donors (Lipinski definition) is 8. The fourth-order valence-corrected chi connectivity index (χ4v) is 12.2. The Morgan fingerprint density at radius 3 is 2.00 bits per heavy atom. The van der Waals surface area contributed by atoms with Gasteiger partial charge in [0.1, 0.15) is 35.5 Å². The summed E-state index contributed by atoms with van der Waals surface area (Å²) in [5, 5.41) is 29.3. The fourth-order valence-electron chi connectivity index (χ4n) is 12.2. The molecule has 2 aliphatic heterocycles. The Bertz CT molecular complexity index is 2450. The van der Waals surface area contributed by atoms with Crippen LogP contribution in [-0.2, 0) is 63.7 Å². The minimum atomic E-state index is -1.14. The zero-order chi connectivity index (χ0) is 64.9. The summed E-state index contributed by atoms with van der Waals surface area (Å²) in [4.78, 5) is 108. The Morgan fingerprint density at radius 2 is 1.43 bits per heavy atom. The van der Waals surface area contributed by atoms with Gasteiger partial charge < -0.3 is 66.0 Å². The monoisotopic (exact) mass is 1220 g/mol. The zero-order valence-corrected chi connectivity index (χ0v) is 55.1. The van der Waals surface area contributed by atoms with Crippen molar-refractivity contribution in [1.82, 2.24) is 37.2 Å². The van der Waals surface area contributed by atoms with Crippen molar-refractivity contribution in [2.75, 3.05) is 53.0 Å². The van der Waals surface area contributed by atoms with Crippen molar-refractivity contribution >= 4 is 47.5 Å². The number of ether oxygens (including phenoxy) is 5. The number of unbranched alkanes of at least 4 members (excludes halogenated alkanes) is 3. The standard InChI is InChI=1S/C66H109N7O14/c1-41(2)25-26-52-65(14,87-52)57-56(83-15)51(27-28-66(57)40-85-66)86-55(77)33-48(44(7)8)38-84-62(82)68-30-22-17-16-21-29-67-53(75)36-69-58(78)49(31-42(3)4)73-59(79)50(32-47-23-19-18-20-24-47)72-54(76)37-71-61(81)64(13,45(9)10)39-63(12,34-43(5)6)60(80)70-35-46(11)74/h18-20,23-25,42-46,48-52,56-57,74H,16-17,21-22,26-40H2,1-15H3,(H,67,75)(H,68,82)(H,69,78)(H,70,80)(H,71,81)(H,72,76)(H,73,79)/t46?,48-,49-,50-,51?,52+,56?,57?,63?,64?,65+,66-/m0/s1. The molecule has 1 saturated carbocycles. The summed E-state index contributed by atoms with van der Waals surface area (Å²) < 4.78 is 30.1. The van der Waals surface area contributed by atoms with E-state index in [1.54, 1.807) is 33.1 Å². The quantitative estimate of drug-likeness (QED) is 0.0147. The number of alkyl carbamates (subject to hydrolysis) is 1. The molecule has 1 spiro atoms. The number of carbonyl (C=O) groups is 8. The number of epoxide rings is 2. The van der Waals surface area contributed by atoms with Gasteiger partial charge in [-0.05, 0) is 108 Å². The van der Waals surface area contributed by atoms with E-state index in [4.69, 9.17) is 23.7 Å². The average Bonchev–Trinajstić information content (AvgIpc) is 1.54. The topological polar surface area (TPSA) is 294 Å². The summed E-state index contributed by atoms with van der Waals surface area (Å²) in [7, 11) is 1.65. The summed E-state index contributed by atoms with van der Waals surface area (Å²) in [6.45, 7) is 27.7. The van der Waals surface area contributed by atoms with Gasteiger partial charge >= 0.3 is 12.1 Å². The van der Waals surface area contributed by atoms with Crippen LogP contribution in [0.2, 0.25) is 0 Å². The number of nitrogens with one attached hydrogen (secondary N) is 7. The molecule has 21 nitrogen and oxygen atoms in total. The maximum Gasteiger partial charge on any atom is 0.407 e. The SMILES string of the molecule is COC1C(OC(=O)C[C@@H](COC(=O)NCCCCCCNC(=O)CNC(=O)[C@H](CC(C)C)NC(=O)[C@H](Cc2ccccc2)NC(=O)CNC(=O)C(C)(CC(C)(CC(C)C)C(=O)NCC(C)O)C(C)C)C(C)C)CC[C@]2(CO2)C1[C@]1(C)O[C@@H]1CC=C(C)C. The van der Waals surface area contributed by atoms with Gasteiger partial charge in [0.05, 0.1) is 50.8 Å². The van der Waals surface area contributed by atoms with E-state index in [1.807, 2.05) is 80.5 Å². The van der Waals surface area contributed by atoms with Crippen molar-refractivity contribution in [1.29, 1.82) is 0 Å². The second-order valence-electron chi connectivity index (χ2n) is 27.3. The molecule has 6 unspecified atom stereocenters. The Balaban J connectivity index is 1.18. The van der Waals surface area contributed by atoms with E-state index in [-0.39, 0.29) is 111 Å². The van der Waals surface area contributed by atoms with E-state index >= 15 is 0 Å². The Labute approximate surface area is 518 Å². The third-order valence-electron chi connectivity index (χ3n) is 17.6. The molecule has 1 aromatic carbocycles. The molecule has 7 amide bonds. The molecule has 1 aliphatic carbocycles. The Morgan fingerprint density at radius 1 is 0.782 bits per heavy atom. The molecule has 0 bridgehead atoms. The van der Waals surface area contributed by atoms with Gasteiger partial charge in [0, 0.05) is 49.9 Å². The van der Waals surface area contributed by atoms with Crippen LogP contribution in [0.1, 0.15) is 173 Å². The van der Waals surface area contributed by atoms with Crippen LogP contribution in [0.5, 0.6) is 0 Å². The molecular formula is C66H109N7O14. The lowest BCUT2D eigenvalue weighted by Crippen LogP contribution is -2.56. The van der Waals surface area contributed by atoms with Gasteiger partial charge in [-0.3, -0.25) is 33.6 Å². The molecule has 0 aromatic heterocycles. The summed E-state index contributed by atoms with van der Waals surface area (Å²) in [6.07, 6.45) is 6.17. The number of allylic oxidation sites excluding steroid dienone is 1.